The van der Waals surface area contributed by atoms with Crippen LogP contribution in [-0.2, 0) is 9.59 Å². The lowest BCUT2D eigenvalue weighted by atomic mass is 10.2. The second-order valence-electron chi connectivity index (χ2n) is 6.54. The number of carbonyl (C=O) groups excluding carboxylic acids is 2. The molecule has 0 aromatic heterocycles. The summed E-state index contributed by atoms with van der Waals surface area (Å²) in [4.78, 5) is 32.8. The number of hydrogen-bond donors (Lipinski definition) is 0. The summed E-state index contributed by atoms with van der Waals surface area (Å²) in [6.07, 6.45) is 1.55. The molecule has 31 heavy (non-hydrogen) atoms. The molecule has 0 saturated heterocycles. The lowest BCUT2D eigenvalue weighted by Gasteiger charge is -2.20. The second-order valence-corrected chi connectivity index (χ2v) is 8.30. The molecule has 2 aromatic carbocycles. The minimum atomic E-state index is -0.560. The summed E-state index contributed by atoms with van der Waals surface area (Å²) in [6, 6.07) is 10.9. The molecule has 5 nitrogen and oxygen atoms in total. The molecule has 1 aliphatic rings. The number of nitrogens with zero attached hydrogens (tertiary/aromatic N) is 3. The Bertz CT molecular complexity index is 1070. The Morgan fingerprint density at radius 2 is 1.87 bits per heavy atom. The van der Waals surface area contributed by atoms with E-state index in [4.69, 9.17) is 23.2 Å². The summed E-state index contributed by atoms with van der Waals surface area (Å²) >= 11 is 13.1. The molecule has 0 aliphatic carbocycles. The first kappa shape index (κ1) is 23.3. The highest BCUT2D eigenvalue weighted by molar-refractivity contribution is 8.14. The van der Waals surface area contributed by atoms with E-state index in [2.05, 4.69) is 4.99 Å². The first-order valence-electron chi connectivity index (χ1n) is 9.60. The van der Waals surface area contributed by atoms with Crippen molar-refractivity contribution in [3.8, 4) is 0 Å². The number of rotatable bonds is 6. The van der Waals surface area contributed by atoms with Gasteiger partial charge in [0, 0.05) is 13.1 Å². The van der Waals surface area contributed by atoms with Crippen molar-refractivity contribution in [2.75, 3.05) is 23.7 Å². The summed E-state index contributed by atoms with van der Waals surface area (Å²) in [7, 11) is 0. The Morgan fingerprint density at radius 3 is 2.52 bits per heavy atom. The van der Waals surface area contributed by atoms with E-state index in [-0.39, 0.29) is 28.2 Å². The van der Waals surface area contributed by atoms with Crippen molar-refractivity contribution in [1.29, 1.82) is 0 Å². The molecule has 2 aromatic rings. The van der Waals surface area contributed by atoms with Gasteiger partial charge in [-0.15, -0.1) is 0 Å². The first-order valence-corrected chi connectivity index (χ1v) is 11.3. The molecule has 3 rings (SSSR count). The van der Waals surface area contributed by atoms with Crippen molar-refractivity contribution >= 4 is 63.7 Å². The van der Waals surface area contributed by atoms with Crippen LogP contribution in [0.3, 0.4) is 0 Å². The maximum absolute atomic E-state index is 14.5. The predicted octanol–water partition coefficient (Wildman–Crippen LogP) is 5.48. The molecule has 162 valence electrons. The largest absolute Gasteiger partial charge is 0.343 e. The maximum Gasteiger partial charge on any atom is 0.283 e. The van der Waals surface area contributed by atoms with E-state index in [0.29, 0.717) is 28.7 Å². The highest BCUT2D eigenvalue weighted by atomic mass is 35.5. The van der Waals surface area contributed by atoms with Crippen molar-refractivity contribution in [2.45, 2.75) is 13.8 Å². The van der Waals surface area contributed by atoms with Crippen molar-refractivity contribution < 1.29 is 14.0 Å². The van der Waals surface area contributed by atoms with Crippen LogP contribution in [0.5, 0.6) is 0 Å². The number of anilines is 1. The zero-order valence-electron chi connectivity index (χ0n) is 16.9. The Morgan fingerprint density at radius 1 is 1.16 bits per heavy atom. The minimum absolute atomic E-state index is 0.0755. The molecule has 1 heterocycles. The van der Waals surface area contributed by atoms with Crippen molar-refractivity contribution in [2.24, 2.45) is 4.99 Å². The molecular formula is C22H20Cl2FN3O2S. The monoisotopic (exact) mass is 479 g/mol. The summed E-state index contributed by atoms with van der Waals surface area (Å²) in [5.41, 5.74) is 0.812. The van der Waals surface area contributed by atoms with E-state index in [1.54, 1.807) is 41.3 Å². The molecule has 0 fully saturated rings. The average Bonchev–Trinajstić information content (AvgIpc) is 3.05. The van der Waals surface area contributed by atoms with Crippen LogP contribution in [0.15, 0.2) is 53.2 Å². The van der Waals surface area contributed by atoms with Gasteiger partial charge < -0.3 is 4.90 Å². The van der Waals surface area contributed by atoms with Gasteiger partial charge in [0.05, 0.1) is 21.5 Å². The molecule has 0 atom stereocenters. The van der Waals surface area contributed by atoms with Crippen LogP contribution in [0.25, 0.3) is 6.08 Å². The van der Waals surface area contributed by atoms with Gasteiger partial charge in [0.2, 0.25) is 5.91 Å². The third kappa shape index (κ3) is 5.29. The number of amides is 2. The Balaban J connectivity index is 1.95. The Labute approximate surface area is 194 Å². The first-order chi connectivity index (χ1) is 14.8. The van der Waals surface area contributed by atoms with Crippen LogP contribution in [0.2, 0.25) is 10.0 Å². The summed E-state index contributed by atoms with van der Waals surface area (Å²) in [5.74, 6) is -1.05. The predicted molar refractivity (Wildman–Crippen MR) is 126 cm³/mol. The number of aliphatic imine (C=N–C) groups is 1. The molecule has 0 spiro atoms. The highest BCUT2D eigenvalue weighted by Crippen LogP contribution is 2.32. The summed E-state index contributed by atoms with van der Waals surface area (Å²) in [6.45, 7) is 4.96. The van der Waals surface area contributed by atoms with Gasteiger partial charge in [0.15, 0.2) is 5.17 Å². The number of thioether (sulfide) groups is 1. The molecule has 0 N–H and O–H groups in total. The van der Waals surface area contributed by atoms with Crippen LogP contribution in [0.4, 0.5) is 10.1 Å². The van der Waals surface area contributed by atoms with Gasteiger partial charge >= 0.3 is 0 Å². The molecule has 1 aliphatic heterocycles. The fourth-order valence-corrected chi connectivity index (χ4v) is 4.21. The molecular weight excluding hydrogens is 460 g/mol. The second kappa shape index (κ2) is 10.3. The van der Waals surface area contributed by atoms with E-state index in [9.17, 15) is 14.0 Å². The maximum atomic E-state index is 14.5. The number of amidine groups is 1. The third-order valence-corrected chi connectivity index (χ3v) is 6.27. The molecule has 2 amide bonds. The number of para-hydroxylation sites is 1. The quantitative estimate of drug-likeness (QED) is 0.515. The van der Waals surface area contributed by atoms with Gasteiger partial charge in [-0.2, -0.15) is 0 Å². The summed E-state index contributed by atoms with van der Waals surface area (Å²) in [5, 5.41) is 0.974. The van der Waals surface area contributed by atoms with E-state index in [1.807, 2.05) is 13.8 Å². The number of benzene rings is 2. The normalized spacial score (nSPS) is 14.9. The topological polar surface area (TPSA) is 53.0 Å². The van der Waals surface area contributed by atoms with E-state index in [0.717, 1.165) is 11.8 Å². The van der Waals surface area contributed by atoms with Gasteiger partial charge in [0.1, 0.15) is 11.5 Å². The number of carbonyl (C=O) groups is 2. The average molecular weight is 480 g/mol. The van der Waals surface area contributed by atoms with E-state index < -0.39 is 11.7 Å². The third-order valence-electron chi connectivity index (χ3n) is 4.61. The molecule has 0 bridgehead atoms. The van der Waals surface area contributed by atoms with Crippen LogP contribution in [0, 0.1) is 5.82 Å². The Hall–Kier alpha value is -2.35. The number of halogens is 3. The lowest BCUT2D eigenvalue weighted by Crippen LogP contribution is -2.35. The molecule has 0 saturated carbocycles. The van der Waals surface area contributed by atoms with Gasteiger partial charge in [0.25, 0.3) is 5.91 Å². The van der Waals surface area contributed by atoms with Crippen LogP contribution < -0.4 is 4.90 Å². The van der Waals surface area contributed by atoms with Crippen LogP contribution in [0.1, 0.15) is 19.4 Å². The van der Waals surface area contributed by atoms with E-state index in [1.165, 1.54) is 17.0 Å². The fourth-order valence-electron chi connectivity index (χ4n) is 2.99. The van der Waals surface area contributed by atoms with Gasteiger partial charge in [-0.05, 0) is 49.8 Å². The summed E-state index contributed by atoms with van der Waals surface area (Å²) < 4.78 is 14.5. The standard InChI is InChI=1S/C22H20Cl2FN3O2S/c1-3-27(4-2)20(29)13-31-22-26-18(12-14-9-10-15(23)16(24)11-14)21(30)28(22)19-8-6-5-7-17(19)25/h5-12H,3-4,13H2,1-2H3/b18-12-. The molecule has 0 radical (unpaired) electrons. The van der Waals surface area contributed by atoms with Gasteiger partial charge in [-0.1, -0.05) is 53.2 Å². The smallest absolute Gasteiger partial charge is 0.283 e. The number of hydrogen-bond acceptors (Lipinski definition) is 4. The minimum Gasteiger partial charge on any atom is -0.343 e. The van der Waals surface area contributed by atoms with Crippen molar-refractivity contribution in [3.05, 3.63) is 69.6 Å². The Kier molecular flexibility index (Phi) is 7.75. The zero-order valence-corrected chi connectivity index (χ0v) is 19.3. The van der Waals surface area contributed by atoms with Crippen LogP contribution >= 0.6 is 35.0 Å². The van der Waals surface area contributed by atoms with E-state index >= 15 is 0 Å². The highest BCUT2D eigenvalue weighted by Gasteiger charge is 2.34. The van der Waals surface area contributed by atoms with Crippen molar-refractivity contribution in [3.63, 3.8) is 0 Å². The molecule has 9 heteroatoms. The van der Waals surface area contributed by atoms with Crippen molar-refractivity contribution in [1.82, 2.24) is 4.90 Å². The fraction of sp³-hybridized carbons (Fsp3) is 0.227. The zero-order chi connectivity index (χ0) is 22.5. The van der Waals surface area contributed by atoms with Crippen LogP contribution in [-0.4, -0.2) is 40.7 Å². The van der Waals surface area contributed by atoms with Gasteiger partial charge in [-0.3, -0.25) is 14.5 Å². The lowest BCUT2D eigenvalue weighted by molar-refractivity contribution is -0.128. The SMILES string of the molecule is CCN(CC)C(=O)CSC1=N/C(=C\c2ccc(Cl)c(Cl)c2)C(=O)N1c1ccccc1F. The van der Waals surface area contributed by atoms with Gasteiger partial charge in [-0.25, -0.2) is 9.38 Å². The molecule has 0 unspecified atom stereocenters.